The van der Waals surface area contributed by atoms with Gasteiger partial charge in [-0.1, -0.05) is 70.5 Å². The molecule has 246 valence electrons. The molecule has 3 heterocycles. The van der Waals surface area contributed by atoms with Crippen LogP contribution < -0.4 is 19.7 Å². The highest BCUT2D eigenvalue weighted by Gasteiger charge is 2.56. The van der Waals surface area contributed by atoms with Gasteiger partial charge in [0.25, 0.3) is 5.56 Å². The van der Waals surface area contributed by atoms with Crippen molar-refractivity contribution in [1.82, 2.24) is 19.5 Å². The molecule has 0 amide bonds. The number of rotatable bonds is 11. The summed E-state index contributed by atoms with van der Waals surface area (Å²) in [5.74, 6) is -0.732. The Hall–Kier alpha value is -5.41. The number of aliphatic hydroxyl groups is 2. The number of aromatic amines is 1. The van der Waals surface area contributed by atoms with Crippen LogP contribution in [0.15, 0.2) is 94.0 Å². The zero-order valence-electron chi connectivity index (χ0n) is 25.1. The highest BCUT2D eigenvalue weighted by atomic mass is 31.1. The number of esters is 1. The van der Waals surface area contributed by atoms with Gasteiger partial charge in [0.2, 0.25) is 11.5 Å². The predicted molar refractivity (Wildman–Crippen MR) is 167 cm³/mol. The molecule has 6 atom stereocenters. The predicted octanol–water partition coefficient (Wildman–Crippen LogP) is 2.98. The summed E-state index contributed by atoms with van der Waals surface area (Å²) in [5.41, 5.74) is 7.45. The molecule has 3 N–H and O–H groups in total. The minimum absolute atomic E-state index is 0.00547. The fourth-order valence-corrected chi connectivity index (χ4v) is 5.87. The van der Waals surface area contributed by atoms with E-state index in [0.717, 1.165) is 11.9 Å². The second-order valence-electron chi connectivity index (χ2n) is 10.7. The molecule has 2 aromatic heterocycles. The van der Waals surface area contributed by atoms with Crippen LogP contribution >= 0.6 is 8.17 Å². The van der Waals surface area contributed by atoms with Crippen LogP contribution in [0.4, 0.5) is 0 Å². The SMILES string of the molecule is CC(N=[P+]([O-])Oc1c(OCC2(N=[N+]=[N-])OC(n3cnc4c(=O)[nH]cnc43)C(O)C2O)ccc2ccccc12)C(=O)OCc1ccccc1. The van der Waals surface area contributed by atoms with Crippen LogP contribution in [0, 0.1) is 0 Å². The lowest BCUT2D eigenvalue weighted by Crippen LogP contribution is -2.46. The van der Waals surface area contributed by atoms with Crippen LogP contribution in [-0.4, -0.2) is 66.3 Å². The van der Waals surface area contributed by atoms with Gasteiger partial charge in [-0.3, -0.25) is 13.9 Å². The van der Waals surface area contributed by atoms with Gasteiger partial charge in [-0.15, -0.1) is 0 Å². The first kappa shape index (κ1) is 32.5. The molecule has 0 saturated carbocycles. The van der Waals surface area contributed by atoms with Crippen molar-refractivity contribution >= 4 is 36.1 Å². The number of aromatic nitrogens is 4. The number of imidazole rings is 1. The van der Waals surface area contributed by atoms with E-state index in [1.807, 2.05) is 18.2 Å². The van der Waals surface area contributed by atoms with E-state index in [0.29, 0.717) is 10.8 Å². The normalized spacial score (nSPS) is 21.5. The zero-order valence-corrected chi connectivity index (χ0v) is 26.0. The van der Waals surface area contributed by atoms with Gasteiger partial charge in [-0.2, -0.15) is 0 Å². The van der Waals surface area contributed by atoms with Crippen LogP contribution in [0.25, 0.3) is 32.4 Å². The molecule has 0 spiro atoms. The maximum Gasteiger partial charge on any atom is 0.395 e. The maximum atomic E-state index is 13.1. The van der Waals surface area contributed by atoms with Gasteiger partial charge >= 0.3 is 14.1 Å². The van der Waals surface area contributed by atoms with Crippen LogP contribution in [0.1, 0.15) is 18.7 Å². The third-order valence-electron chi connectivity index (χ3n) is 7.54. The molecule has 18 heteroatoms. The topological polar surface area (TPSA) is 242 Å². The van der Waals surface area contributed by atoms with E-state index in [1.54, 1.807) is 42.5 Å². The average Bonchev–Trinajstić information content (AvgIpc) is 3.63. The average molecular weight is 675 g/mol. The fraction of sp³-hybridized carbons (Fsp3) is 0.267. The molecular weight excluding hydrogens is 647 g/mol. The maximum absolute atomic E-state index is 13.1. The Morgan fingerprint density at radius 2 is 1.96 bits per heavy atom. The summed E-state index contributed by atoms with van der Waals surface area (Å²) in [6.07, 6.45) is -2.57. The van der Waals surface area contributed by atoms with Crippen molar-refractivity contribution < 1.29 is 38.6 Å². The number of nitrogens with zero attached hydrogens (tertiary/aromatic N) is 7. The zero-order chi connectivity index (χ0) is 33.8. The van der Waals surface area contributed by atoms with Crippen molar-refractivity contribution in [1.29, 1.82) is 0 Å². The van der Waals surface area contributed by atoms with Crippen LogP contribution in [0.3, 0.4) is 0 Å². The van der Waals surface area contributed by atoms with Gasteiger partial charge < -0.3 is 34.3 Å². The van der Waals surface area contributed by atoms with Crippen molar-refractivity contribution in [3.63, 3.8) is 0 Å². The summed E-state index contributed by atoms with van der Waals surface area (Å²) >= 11 is 0. The number of hydrogen-bond donors (Lipinski definition) is 3. The number of aliphatic hydroxyl groups excluding tert-OH is 2. The lowest BCUT2D eigenvalue weighted by molar-refractivity contribution is -0.169. The summed E-state index contributed by atoms with van der Waals surface area (Å²) in [4.78, 5) is 51.1. The number of carbonyl (C=O) groups excluding carboxylic acids is 1. The number of ether oxygens (including phenoxy) is 3. The molecular formula is C30H27N8O9P. The highest BCUT2D eigenvalue weighted by Crippen LogP contribution is 2.43. The van der Waals surface area contributed by atoms with E-state index < -0.39 is 56.5 Å². The molecule has 1 saturated heterocycles. The first-order valence-electron chi connectivity index (χ1n) is 14.4. The van der Waals surface area contributed by atoms with E-state index in [2.05, 4.69) is 29.7 Å². The Morgan fingerprint density at radius 1 is 1.19 bits per heavy atom. The number of H-pyrrole nitrogens is 1. The lowest BCUT2D eigenvalue weighted by Gasteiger charge is -2.27. The Balaban J connectivity index is 1.25. The van der Waals surface area contributed by atoms with Gasteiger partial charge in [-0.25, -0.2) is 14.8 Å². The summed E-state index contributed by atoms with van der Waals surface area (Å²) in [6, 6.07) is 18.1. The molecule has 5 aromatic rings. The van der Waals surface area contributed by atoms with Gasteiger partial charge in [0.05, 0.1) is 12.7 Å². The molecule has 0 radical (unpaired) electrons. The van der Waals surface area contributed by atoms with E-state index in [9.17, 15) is 30.2 Å². The van der Waals surface area contributed by atoms with Crippen LogP contribution in [0.5, 0.6) is 11.5 Å². The van der Waals surface area contributed by atoms with E-state index in [-0.39, 0.29) is 29.3 Å². The molecule has 1 aliphatic rings. The number of azide groups is 1. The van der Waals surface area contributed by atoms with Gasteiger partial charge in [0.1, 0.15) is 25.4 Å². The summed E-state index contributed by atoms with van der Waals surface area (Å²) < 4.78 is 28.1. The molecule has 1 fully saturated rings. The number of carbonyl (C=O) groups is 1. The lowest BCUT2D eigenvalue weighted by atomic mass is 10.1. The quantitative estimate of drug-likeness (QED) is 0.0604. The Bertz CT molecular complexity index is 2100. The smallest absolute Gasteiger partial charge is 0.395 e. The molecule has 0 bridgehead atoms. The van der Waals surface area contributed by atoms with Crippen molar-refractivity contribution in [3.8, 4) is 11.5 Å². The standard InChI is InChI=1S/C30H27N8O9P/c1-17(29(42)44-13-18-7-3-2-4-8-18)35-48(43)47-24-20-10-6-5-9-19(20)11-12-21(24)45-14-30(36-37-31)25(40)23(39)28(46-30)38-16-34-22-26(38)32-15-33-27(22)41/h2-12,15-17,23,25,28,39-40H,13-14H2,1H3,(H,32,33,41). The van der Waals surface area contributed by atoms with Gasteiger partial charge in [0.15, 0.2) is 29.2 Å². The highest BCUT2D eigenvalue weighted by molar-refractivity contribution is 7.34. The van der Waals surface area contributed by atoms with E-state index >= 15 is 0 Å². The second kappa shape index (κ2) is 13.8. The number of fused-ring (bicyclic) bond motifs is 2. The molecule has 6 rings (SSSR count). The number of hydrogen-bond acceptors (Lipinski definition) is 13. The molecule has 6 unspecified atom stereocenters. The van der Waals surface area contributed by atoms with Crippen molar-refractivity contribution in [2.24, 2.45) is 9.86 Å². The Kier molecular flexibility index (Phi) is 9.32. The Labute approximate surface area is 271 Å². The largest absolute Gasteiger partial charge is 0.575 e. The third-order valence-corrected chi connectivity index (χ3v) is 8.41. The molecule has 48 heavy (non-hydrogen) atoms. The van der Waals surface area contributed by atoms with E-state index in [1.165, 1.54) is 23.9 Å². The number of nitrogens with one attached hydrogen (secondary N) is 1. The van der Waals surface area contributed by atoms with Crippen LogP contribution in [0.2, 0.25) is 0 Å². The van der Waals surface area contributed by atoms with Crippen molar-refractivity contribution in [3.05, 3.63) is 106 Å². The van der Waals surface area contributed by atoms with Crippen LogP contribution in [-0.2, 0) is 20.9 Å². The molecule has 1 aliphatic heterocycles. The van der Waals surface area contributed by atoms with Crippen molar-refractivity contribution in [2.45, 2.75) is 43.7 Å². The monoisotopic (exact) mass is 674 g/mol. The van der Waals surface area contributed by atoms with Gasteiger partial charge in [-0.05, 0) is 29.5 Å². The first-order chi connectivity index (χ1) is 23.2. The number of benzene rings is 3. The second-order valence-corrected chi connectivity index (χ2v) is 11.5. The minimum Gasteiger partial charge on any atom is -0.575 e. The van der Waals surface area contributed by atoms with Crippen molar-refractivity contribution in [2.75, 3.05) is 6.61 Å². The Morgan fingerprint density at radius 3 is 2.75 bits per heavy atom. The minimum atomic E-state index is -2.85. The van der Waals surface area contributed by atoms with E-state index in [4.69, 9.17) is 18.7 Å². The molecule has 17 nitrogen and oxygen atoms in total. The summed E-state index contributed by atoms with van der Waals surface area (Å²) in [7, 11) is -2.85. The van der Waals surface area contributed by atoms with Gasteiger partial charge in [0, 0.05) is 10.3 Å². The summed E-state index contributed by atoms with van der Waals surface area (Å²) in [6.45, 7) is 0.780. The molecule has 3 aromatic carbocycles. The molecule has 0 aliphatic carbocycles. The summed E-state index contributed by atoms with van der Waals surface area (Å²) in [5, 5.41) is 26.9. The third kappa shape index (κ3) is 6.41. The first-order valence-corrected chi connectivity index (χ1v) is 15.6. The fourth-order valence-electron chi connectivity index (χ4n) is 5.10.